The van der Waals surface area contributed by atoms with E-state index in [0.29, 0.717) is 22.8 Å². The van der Waals surface area contributed by atoms with Crippen LogP contribution in [-0.4, -0.2) is 49.9 Å². The second-order valence-corrected chi connectivity index (χ2v) is 7.37. The van der Waals surface area contributed by atoms with E-state index in [2.05, 4.69) is 20.5 Å². The monoisotopic (exact) mass is 396 g/mol. The third kappa shape index (κ3) is 3.99. The van der Waals surface area contributed by atoms with Gasteiger partial charge in [0.05, 0.1) is 28.7 Å². The average Bonchev–Trinajstić information content (AvgIpc) is 3.24. The molecule has 28 heavy (non-hydrogen) atoms. The summed E-state index contributed by atoms with van der Waals surface area (Å²) in [6.45, 7) is 3.33. The summed E-state index contributed by atoms with van der Waals surface area (Å²) in [5.41, 5.74) is 2.35. The van der Waals surface area contributed by atoms with Crippen molar-refractivity contribution >= 4 is 23.3 Å². The van der Waals surface area contributed by atoms with Crippen LogP contribution in [0.4, 0.5) is 5.82 Å². The molecule has 7 nitrogen and oxygen atoms in total. The van der Waals surface area contributed by atoms with E-state index in [1.165, 1.54) is 4.80 Å². The predicted octanol–water partition coefficient (Wildman–Crippen LogP) is 3.34. The van der Waals surface area contributed by atoms with Crippen molar-refractivity contribution in [1.82, 2.24) is 24.9 Å². The summed E-state index contributed by atoms with van der Waals surface area (Å²) < 4.78 is 0. The molecule has 0 radical (unpaired) electrons. The Morgan fingerprint density at radius 3 is 2.79 bits per heavy atom. The number of anilines is 1. The number of benzene rings is 1. The number of hydrogen-bond acceptors (Lipinski definition) is 5. The largest absolute Gasteiger partial charge is 0.366 e. The lowest BCUT2D eigenvalue weighted by Gasteiger charge is -2.33. The molecule has 1 saturated heterocycles. The van der Waals surface area contributed by atoms with Crippen LogP contribution >= 0.6 is 11.6 Å². The summed E-state index contributed by atoms with van der Waals surface area (Å²) in [5, 5.41) is 12.4. The van der Waals surface area contributed by atoms with E-state index in [1.54, 1.807) is 24.7 Å². The first-order valence-corrected chi connectivity index (χ1v) is 9.62. The maximum Gasteiger partial charge on any atom is 0.256 e. The highest BCUT2D eigenvalue weighted by atomic mass is 35.5. The number of rotatable bonds is 4. The van der Waals surface area contributed by atoms with Gasteiger partial charge in [-0.15, -0.1) is 0 Å². The van der Waals surface area contributed by atoms with Crippen molar-refractivity contribution in [2.24, 2.45) is 0 Å². The number of aromatic nitrogens is 4. The van der Waals surface area contributed by atoms with Gasteiger partial charge in [-0.2, -0.15) is 15.0 Å². The zero-order chi connectivity index (χ0) is 19.5. The number of pyridine rings is 1. The van der Waals surface area contributed by atoms with Crippen molar-refractivity contribution in [2.75, 3.05) is 18.4 Å². The fraction of sp³-hybridized carbons (Fsp3) is 0.300. The van der Waals surface area contributed by atoms with Gasteiger partial charge in [0.25, 0.3) is 5.91 Å². The van der Waals surface area contributed by atoms with Gasteiger partial charge in [0.15, 0.2) is 0 Å². The first kappa shape index (κ1) is 18.4. The maximum atomic E-state index is 13.3. The van der Waals surface area contributed by atoms with Crippen LogP contribution in [0.2, 0.25) is 5.02 Å². The molecule has 1 aliphatic rings. The number of aryl methyl sites for hydroxylation is 1. The molecule has 0 spiro atoms. The van der Waals surface area contributed by atoms with E-state index in [9.17, 15) is 4.79 Å². The van der Waals surface area contributed by atoms with Crippen molar-refractivity contribution in [3.8, 4) is 5.69 Å². The van der Waals surface area contributed by atoms with E-state index in [-0.39, 0.29) is 11.9 Å². The number of carbonyl (C=O) groups excluding carboxylic acids is 1. The van der Waals surface area contributed by atoms with E-state index in [0.717, 1.165) is 30.8 Å². The summed E-state index contributed by atoms with van der Waals surface area (Å²) in [4.78, 5) is 20.9. The smallest absolute Gasteiger partial charge is 0.256 e. The number of hydrogen-bond donors (Lipinski definition) is 1. The first-order chi connectivity index (χ1) is 13.6. The lowest BCUT2D eigenvalue weighted by atomic mass is 10.0. The minimum Gasteiger partial charge on any atom is -0.366 e. The fourth-order valence-corrected chi connectivity index (χ4v) is 3.56. The van der Waals surface area contributed by atoms with Crippen molar-refractivity contribution in [3.63, 3.8) is 0 Å². The Morgan fingerprint density at radius 2 is 2.04 bits per heavy atom. The highest BCUT2D eigenvalue weighted by molar-refractivity contribution is 6.30. The minimum atomic E-state index is -0.0112. The Kier molecular flexibility index (Phi) is 5.25. The highest BCUT2D eigenvalue weighted by Gasteiger charge is 2.26. The summed E-state index contributed by atoms with van der Waals surface area (Å²) in [6.07, 6.45) is 6.74. The quantitative estimate of drug-likeness (QED) is 0.731. The van der Waals surface area contributed by atoms with Crippen LogP contribution in [0.3, 0.4) is 0 Å². The second kappa shape index (κ2) is 7.98. The summed E-state index contributed by atoms with van der Waals surface area (Å²) in [7, 11) is 0. The summed E-state index contributed by atoms with van der Waals surface area (Å²) in [5.74, 6) is 0.753. The van der Waals surface area contributed by atoms with Gasteiger partial charge >= 0.3 is 0 Å². The Balaban J connectivity index is 1.53. The Labute approximate surface area is 168 Å². The molecule has 1 fully saturated rings. The van der Waals surface area contributed by atoms with Gasteiger partial charge < -0.3 is 10.2 Å². The third-order valence-electron chi connectivity index (χ3n) is 4.81. The average molecular weight is 397 g/mol. The maximum absolute atomic E-state index is 13.3. The van der Waals surface area contributed by atoms with Crippen LogP contribution in [0, 0.1) is 6.92 Å². The van der Waals surface area contributed by atoms with Gasteiger partial charge in [-0.05, 0) is 49.6 Å². The zero-order valence-corrected chi connectivity index (χ0v) is 16.3. The second-order valence-electron chi connectivity index (χ2n) is 6.94. The predicted molar refractivity (Wildman–Crippen MR) is 108 cm³/mol. The summed E-state index contributed by atoms with van der Waals surface area (Å²) in [6, 6.07) is 9.53. The number of carbonyl (C=O) groups is 1. The molecule has 8 heteroatoms. The third-order valence-corrected chi connectivity index (χ3v) is 5.03. The molecular formula is C20H21ClN6O. The highest BCUT2D eigenvalue weighted by Crippen LogP contribution is 2.21. The Hall–Kier alpha value is -2.93. The molecule has 3 heterocycles. The van der Waals surface area contributed by atoms with E-state index in [4.69, 9.17) is 11.6 Å². The number of amides is 1. The van der Waals surface area contributed by atoms with Crippen LogP contribution in [0.25, 0.3) is 5.69 Å². The molecule has 1 atom stereocenters. The number of nitrogens with zero attached hydrogens (tertiary/aromatic N) is 5. The van der Waals surface area contributed by atoms with Crippen LogP contribution < -0.4 is 5.32 Å². The molecule has 1 N–H and O–H groups in total. The standard InChI is InChI=1S/C20H21ClN6O/c1-14-4-6-17(18(11-14)27-23-8-9-24-27)20(28)26-10-2-3-16(13-26)25-19-7-5-15(21)12-22-19/h4-9,11-12,16H,2-3,10,13H2,1H3,(H,22,25). The SMILES string of the molecule is Cc1ccc(C(=O)N2CCCC(Nc3ccc(Cl)cn3)C2)c(-n2nccn2)c1. The van der Waals surface area contributed by atoms with E-state index in [1.807, 2.05) is 36.1 Å². The van der Waals surface area contributed by atoms with Gasteiger partial charge in [0.1, 0.15) is 5.82 Å². The molecule has 0 bridgehead atoms. The molecule has 0 aliphatic carbocycles. The lowest BCUT2D eigenvalue weighted by molar-refractivity contribution is 0.0714. The fourth-order valence-electron chi connectivity index (χ4n) is 3.45. The molecular weight excluding hydrogens is 376 g/mol. The zero-order valence-electron chi connectivity index (χ0n) is 15.5. The molecule has 2 aromatic heterocycles. The minimum absolute atomic E-state index is 0.0112. The van der Waals surface area contributed by atoms with Crippen molar-refractivity contribution in [2.45, 2.75) is 25.8 Å². The van der Waals surface area contributed by atoms with Gasteiger partial charge in [-0.3, -0.25) is 4.79 Å². The van der Waals surface area contributed by atoms with Crippen molar-refractivity contribution in [3.05, 3.63) is 65.1 Å². The van der Waals surface area contributed by atoms with Gasteiger partial charge in [0.2, 0.25) is 0 Å². The molecule has 1 aliphatic heterocycles. The lowest BCUT2D eigenvalue weighted by Crippen LogP contribution is -2.45. The number of halogens is 1. The Bertz CT molecular complexity index is 957. The number of nitrogens with one attached hydrogen (secondary N) is 1. The molecule has 144 valence electrons. The molecule has 1 amide bonds. The number of piperidine rings is 1. The van der Waals surface area contributed by atoms with Crippen LogP contribution in [-0.2, 0) is 0 Å². The molecule has 4 rings (SSSR count). The molecule has 1 unspecified atom stereocenters. The van der Waals surface area contributed by atoms with Gasteiger partial charge in [-0.1, -0.05) is 17.7 Å². The summed E-state index contributed by atoms with van der Waals surface area (Å²) >= 11 is 5.90. The van der Waals surface area contributed by atoms with Gasteiger partial charge in [-0.25, -0.2) is 4.98 Å². The topological polar surface area (TPSA) is 75.9 Å². The molecule has 3 aromatic rings. The van der Waals surface area contributed by atoms with Crippen LogP contribution in [0.5, 0.6) is 0 Å². The van der Waals surface area contributed by atoms with E-state index >= 15 is 0 Å². The molecule has 0 saturated carbocycles. The van der Waals surface area contributed by atoms with Gasteiger partial charge in [0, 0.05) is 25.3 Å². The number of likely N-dealkylation sites (tertiary alicyclic amines) is 1. The normalized spacial score (nSPS) is 16.8. The van der Waals surface area contributed by atoms with Crippen LogP contribution in [0.1, 0.15) is 28.8 Å². The first-order valence-electron chi connectivity index (χ1n) is 9.25. The van der Waals surface area contributed by atoms with Crippen molar-refractivity contribution < 1.29 is 4.79 Å². The molecule has 1 aromatic carbocycles. The van der Waals surface area contributed by atoms with Crippen molar-refractivity contribution in [1.29, 1.82) is 0 Å². The van der Waals surface area contributed by atoms with E-state index < -0.39 is 0 Å². The Morgan fingerprint density at radius 1 is 1.21 bits per heavy atom. The van der Waals surface area contributed by atoms with Crippen LogP contribution in [0.15, 0.2) is 48.9 Å².